The number of nitro groups is 1. The maximum Gasteiger partial charge on any atom is 0.339 e. The molecule has 0 spiro atoms. The predicted molar refractivity (Wildman–Crippen MR) is 81.2 cm³/mol. The zero-order valence-corrected chi connectivity index (χ0v) is 14.1. The molecular weight excluding hydrogens is 316 g/mol. The summed E-state index contributed by atoms with van der Waals surface area (Å²) in [5.41, 5.74) is -3.20. The molecule has 1 heterocycles. The van der Waals surface area contributed by atoms with Crippen LogP contribution in [0.3, 0.4) is 0 Å². The first-order valence-electron chi connectivity index (χ1n) is 7.90. The molecule has 1 aromatic rings. The molecule has 2 saturated carbocycles. The lowest BCUT2D eigenvalue weighted by Crippen LogP contribution is -2.55. The third-order valence-corrected chi connectivity index (χ3v) is 6.51. The highest BCUT2D eigenvalue weighted by Crippen LogP contribution is 2.71. The fourth-order valence-electron chi connectivity index (χ4n) is 4.75. The minimum absolute atomic E-state index is 0.191. The molecule has 24 heavy (non-hydrogen) atoms. The van der Waals surface area contributed by atoms with Gasteiger partial charge >= 0.3 is 11.7 Å². The van der Waals surface area contributed by atoms with Gasteiger partial charge in [0, 0.05) is 12.3 Å². The highest BCUT2D eigenvalue weighted by atomic mass is 16.6. The molecule has 0 amide bonds. The van der Waals surface area contributed by atoms with Gasteiger partial charge in [0.2, 0.25) is 17.7 Å². The van der Waals surface area contributed by atoms with Gasteiger partial charge < -0.3 is 9.26 Å². The van der Waals surface area contributed by atoms with E-state index < -0.39 is 33.4 Å². The summed E-state index contributed by atoms with van der Waals surface area (Å²) >= 11 is 0. The van der Waals surface area contributed by atoms with Crippen molar-refractivity contribution in [2.75, 3.05) is 0 Å². The molecular formula is C16H20N2O6. The summed E-state index contributed by atoms with van der Waals surface area (Å²) in [6, 6.07) is 0. The summed E-state index contributed by atoms with van der Waals surface area (Å²) in [4.78, 5) is 35.5. The van der Waals surface area contributed by atoms with E-state index in [-0.39, 0.29) is 17.0 Å². The van der Waals surface area contributed by atoms with E-state index in [1.807, 2.05) is 6.92 Å². The highest BCUT2D eigenvalue weighted by Gasteiger charge is 2.74. The van der Waals surface area contributed by atoms with E-state index >= 15 is 0 Å². The summed E-state index contributed by atoms with van der Waals surface area (Å²) in [5, 5.41) is 14.7. The number of hydrogen-bond donors (Lipinski definition) is 0. The molecule has 0 saturated heterocycles. The van der Waals surface area contributed by atoms with E-state index in [1.54, 1.807) is 0 Å². The minimum atomic E-state index is -1.45. The van der Waals surface area contributed by atoms with Crippen molar-refractivity contribution in [3.63, 3.8) is 0 Å². The second-order valence-corrected chi connectivity index (χ2v) is 7.55. The highest BCUT2D eigenvalue weighted by molar-refractivity contribution is 6.05. The van der Waals surface area contributed by atoms with E-state index in [4.69, 9.17) is 4.74 Å². The van der Waals surface area contributed by atoms with Crippen LogP contribution in [0.2, 0.25) is 0 Å². The Labute approximate surface area is 138 Å². The van der Waals surface area contributed by atoms with Crippen LogP contribution < -0.4 is 0 Å². The Morgan fingerprint density at radius 3 is 2.54 bits per heavy atom. The Kier molecular flexibility index (Phi) is 3.37. The van der Waals surface area contributed by atoms with Crippen LogP contribution in [0.15, 0.2) is 10.8 Å². The predicted octanol–water partition coefficient (Wildman–Crippen LogP) is 2.91. The van der Waals surface area contributed by atoms with Crippen LogP contribution in [-0.2, 0) is 9.53 Å². The Bertz CT molecular complexity index is 739. The van der Waals surface area contributed by atoms with Gasteiger partial charge in [0.25, 0.3) is 0 Å². The number of hydrogen-bond acceptors (Lipinski definition) is 7. The third-order valence-electron chi connectivity index (χ3n) is 6.51. The summed E-state index contributed by atoms with van der Waals surface area (Å²) in [7, 11) is 0. The SMILES string of the molecule is CC(=O)OC1(C(=O)c2nocc2[N+](=O)[O-])CC2CCC1(C)C2(C)C. The van der Waals surface area contributed by atoms with Crippen LogP contribution in [-0.4, -0.2) is 27.4 Å². The standard InChI is InChI=1S/C16H20N2O6/c1-9(19)24-16(7-10-5-6-15(16,4)14(10,2)3)13(20)12-11(18(21)22)8-23-17-12/h8,10H,5-7H2,1-4H3. The average Bonchev–Trinajstić information content (AvgIpc) is 3.08. The average molecular weight is 336 g/mol. The molecule has 0 aromatic carbocycles. The van der Waals surface area contributed by atoms with Gasteiger partial charge in [-0.25, -0.2) is 0 Å². The number of aromatic nitrogens is 1. The van der Waals surface area contributed by atoms with Gasteiger partial charge in [-0.2, -0.15) is 0 Å². The molecule has 0 aliphatic heterocycles. The smallest absolute Gasteiger partial charge is 0.339 e. The normalized spacial score (nSPS) is 33.4. The zero-order chi connectivity index (χ0) is 17.9. The number of nitrogens with zero attached hydrogens (tertiary/aromatic N) is 2. The quantitative estimate of drug-likeness (QED) is 0.359. The number of fused-ring (bicyclic) bond motifs is 2. The number of rotatable bonds is 4. The van der Waals surface area contributed by atoms with Crippen molar-refractivity contribution in [2.45, 2.75) is 52.6 Å². The summed E-state index contributed by atoms with van der Waals surface area (Å²) in [5.74, 6) is -1.04. The maximum absolute atomic E-state index is 13.3. The van der Waals surface area contributed by atoms with Crippen molar-refractivity contribution in [1.82, 2.24) is 5.16 Å². The molecule has 0 N–H and O–H groups in total. The van der Waals surface area contributed by atoms with Crippen LogP contribution in [0, 0.1) is 26.9 Å². The van der Waals surface area contributed by atoms with E-state index in [1.165, 1.54) is 6.92 Å². The Morgan fingerprint density at radius 2 is 2.08 bits per heavy atom. The first kappa shape index (κ1) is 16.6. The molecule has 2 aliphatic carbocycles. The largest absolute Gasteiger partial charge is 0.450 e. The second kappa shape index (κ2) is 4.87. The molecule has 0 radical (unpaired) electrons. The number of carbonyl (C=O) groups excluding carboxylic acids is 2. The summed E-state index contributed by atoms with van der Waals surface area (Å²) < 4.78 is 10.2. The number of carbonyl (C=O) groups is 2. The van der Waals surface area contributed by atoms with Gasteiger partial charge in [-0.05, 0) is 30.6 Å². The third kappa shape index (κ3) is 1.82. The number of Topliss-reactive ketones (excluding diaryl/α,β-unsaturated/α-hetero) is 1. The summed E-state index contributed by atoms with van der Waals surface area (Å²) in [6.07, 6.45) is 2.81. The number of ketones is 1. The molecule has 8 heteroatoms. The van der Waals surface area contributed by atoms with Crippen molar-refractivity contribution in [3.8, 4) is 0 Å². The van der Waals surface area contributed by atoms with E-state index in [0.29, 0.717) is 12.8 Å². The number of esters is 1. The van der Waals surface area contributed by atoms with Gasteiger partial charge in [-0.1, -0.05) is 25.9 Å². The molecule has 3 rings (SSSR count). The molecule has 8 nitrogen and oxygen atoms in total. The van der Waals surface area contributed by atoms with Gasteiger partial charge in [0.1, 0.15) is 0 Å². The molecule has 3 unspecified atom stereocenters. The van der Waals surface area contributed by atoms with Gasteiger partial charge in [0.15, 0.2) is 5.60 Å². The molecule has 1 aromatic heterocycles. The van der Waals surface area contributed by atoms with Crippen LogP contribution in [0.25, 0.3) is 0 Å². The van der Waals surface area contributed by atoms with Gasteiger partial charge in [0.05, 0.1) is 4.92 Å². The number of ether oxygens (including phenoxy) is 1. The first-order chi connectivity index (χ1) is 11.1. The van der Waals surface area contributed by atoms with Crippen LogP contribution in [0.5, 0.6) is 0 Å². The lowest BCUT2D eigenvalue weighted by Gasteiger charge is -2.45. The maximum atomic E-state index is 13.3. The second-order valence-electron chi connectivity index (χ2n) is 7.55. The fourth-order valence-corrected chi connectivity index (χ4v) is 4.75. The topological polar surface area (TPSA) is 113 Å². The van der Waals surface area contributed by atoms with Crippen molar-refractivity contribution < 1.29 is 23.8 Å². The van der Waals surface area contributed by atoms with Gasteiger partial charge in [-0.3, -0.25) is 19.7 Å². The van der Waals surface area contributed by atoms with Crippen LogP contribution >= 0.6 is 0 Å². The van der Waals surface area contributed by atoms with Crippen LogP contribution in [0.1, 0.15) is 57.4 Å². The molecule has 2 aliphatic rings. The Balaban J connectivity index is 2.15. The van der Waals surface area contributed by atoms with Gasteiger partial charge in [-0.15, -0.1) is 0 Å². The van der Waals surface area contributed by atoms with Crippen molar-refractivity contribution >= 4 is 17.4 Å². The van der Waals surface area contributed by atoms with Crippen LogP contribution in [0.4, 0.5) is 5.69 Å². The Hall–Kier alpha value is -2.25. The van der Waals surface area contributed by atoms with E-state index in [0.717, 1.165) is 12.7 Å². The molecule has 2 fully saturated rings. The molecule has 130 valence electrons. The van der Waals surface area contributed by atoms with E-state index in [2.05, 4.69) is 23.5 Å². The minimum Gasteiger partial charge on any atom is -0.450 e. The monoisotopic (exact) mass is 336 g/mol. The molecule has 3 atom stereocenters. The Morgan fingerprint density at radius 1 is 1.42 bits per heavy atom. The lowest BCUT2D eigenvalue weighted by atomic mass is 9.62. The zero-order valence-electron chi connectivity index (χ0n) is 14.1. The molecule has 2 bridgehead atoms. The van der Waals surface area contributed by atoms with E-state index in [9.17, 15) is 19.7 Å². The van der Waals surface area contributed by atoms with Crippen molar-refractivity contribution in [1.29, 1.82) is 0 Å². The van der Waals surface area contributed by atoms with Crippen molar-refractivity contribution in [3.05, 3.63) is 22.1 Å². The van der Waals surface area contributed by atoms with Crippen molar-refractivity contribution in [2.24, 2.45) is 16.7 Å². The first-order valence-corrected chi connectivity index (χ1v) is 7.90. The fraction of sp³-hybridized carbons (Fsp3) is 0.688. The lowest BCUT2D eigenvalue weighted by molar-refractivity contribution is -0.385. The summed E-state index contributed by atoms with van der Waals surface area (Å²) in [6.45, 7) is 7.28.